The zero-order valence-electron chi connectivity index (χ0n) is 15.9. The van der Waals surface area contributed by atoms with E-state index in [1.165, 1.54) is 23.1 Å². The Morgan fingerprint density at radius 2 is 2.07 bits per heavy atom. The minimum absolute atomic E-state index is 0.0428. The van der Waals surface area contributed by atoms with Crippen LogP contribution in [-0.4, -0.2) is 49.0 Å². The van der Waals surface area contributed by atoms with Crippen molar-refractivity contribution in [3.63, 3.8) is 0 Å². The predicted molar refractivity (Wildman–Crippen MR) is 110 cm³/mol. The molecule has 11 heteroatoms. The molecule has 0 atom stereocenters. The van der Waals surface area contributed by atoms with Gasteiger partial charge in [0.2, 0.25) is 0 Å². The Bertz CT molecular complexity index is 1130. The number of aryl methyl sites for hydroxylation is 1. The van der Waals surface area contributed by atoms with Crippen molar-refractivity contribution in [3.8, 4) is 0 Å². The van der Waals surface area contributed by atoms with E-state index in [1.807, 2.05) is 4.90 Å². The summed E-state index contributed by atoms with van der Waals surface area (Å²) in [4.78, 5) is 24.6. The summed E-state index contributed by atoms with van der Waals surface area (Å²) in [6.45, 7) is 1.14. The fourth-order valence-electron chi connectivity index (χ4n) is 3.10. The molecule has 1 aliphatic heterocycles. The highest BCUT2D eigenvalue weighted by atomic mass is 35.5. The third-order valence-corrected chi connectivity index (χ3v) is 5.39. The van der Waals surface area contributed by atoms with Gasteiger partial charge in [0.1, 0.15) is 5.82 Å². The fraction of sp³-hybridized carbons (Fsp3) is 0.263. The van der Waals surface area contributed by atoms with Crippen molar-refractivity contribution in [3.05, 3.63) is 63.4 Å². The maximum atomic E-state index is 13.4. The van der Waals surface area contributed by atoms with Crippen LogP contribution in [0.4, 0.5) is 10.3 Å². The molecule has 0 aliphatic carbocycles. The van der Waals surface area contributed by atoms with Crippen molar-refractivity contribution >= 4 is 40.5 Å². The third kappa shape index (κ3) is 4.31. The summed E-state index contributed by atoms with van der Waals surface area (Å²) in [5, 5.41) is 13.0. The van der Waals surface area contributed by atoms with Crippen molar-refractivity contribution in [1.82, 2.24) is 30.2 Å². The van der Waals surface area contributed by atoms with Gasteiger partial charge in [-0.1, -0.05) is 28.3 Å². The first kappa shape index (κ1) is 20.4. The second kappa shape index (κ2) is 8.45. The molecule has 3 aromatic rings. The van der Waals surface area contributed by atoms with Gasteiger partial charge in [-0.15, -0.1) is 5.10 Å². The summed E-state index contributed by atoms with van der Waals surface area (Å²) in [7, 11) is 1.70. The van der Waals surface area contributed by atoms with Crippen molar-refractivity contribution in [1.29, 1.82) is 0 Å². The van der Waals surface area contributed by atoms with Crippen LogP contribution in [0.2, 0.25) is 5.02 Å². The molecule has 154 valence electrons. The standard InChI is InChI=1S/C19H16Cl2FN7O/c1-28-26-19(25-27-28)29-5-4-16(21)14(10-29)17-9-23-12(8-24-17)7-18(30)13-6-11(22)2-3-15(13)20/h2-3,6,8-9H,4-5,7,10H2,1H3. The van der Waals surface area contributed by atoms with Crippen molar-refractivity contribution in [2.24, 2.45) is 7.05 Å². The molecule has 0 bridgehead atoms. The van der Waals surface area contributed by atoms with Crippen molar-refractivity contribution < 1.29 is 9.18 Å². The Hall–Kier alpha value is -2.91. The molecule has 4 rings (SSSR count). The molecule has 1 aromatic carbocycles. The van der Waals surface area contributed by atoms with E-state index in [4.69, 9.17) is 23.2 Å². The van der Waals surface area contributed by atoms with Crippen LogP contribution in [0.25, 0.3) is 5.57 Å². The van der Waals surface area contributed by atoms with E-state index in [2.05, 4.69) is 25.4 Å². The molecule has 0 saturated heterocycles. The largest absolute Gasteiger partial charge is 0.333 e. The lowest BCUT2D eigenvalue weighted by atomic mass is 10.1. The lowest BCUT2D eigenvalue weighted by molar-refractivity contribution is 0.0991. The van der Waals surface area contributed by atoms with Crippen molar-refractivity contribution in [2.45, 2.75) is 12.8 Å². The maximum Gasteiger partial charge on any atom is 0.266 e. The monoisotopic (exact) mass is 447 g/mol. The number of rotatable bonds is 5. The number of ketones is 1. The molecule has 30 heavy (non-hydrogen) atoms. The zero-order chi connectivity index (χ0) is 21.3. The first-order chi connectivity index (χ1) is 14.4. The van der Waals surface area contributed by atoms with Crippen LogP contribution in [0.5, 0.6) is 0 Å². The SMILES string of the molecule is Cn1nnc(N2CCC(Cl)=C(c3cnc(CC(=O)c4cc(F)ccc4Cl)cn3)C2)n1. The van der Waals surface area contributed by atoms with Gasteiger partial charge in [0.05, 0.1) is 36.1 Å². The quantitative estimate of drug-likeness (QED) is 0.555. The number of Topliss-reactive ketones (excluding diaryl/α,β-unsaturated/α-hetero) is 1. The number of tetrazole rings is 1. The molecule has 0 radical (unpaired) electrons. The number of benzene rings is 1. The van der Waals surface area contributed by atoms with Gasteiger partial charge in [-0.25, -0.2) is 4.39 Å². The minimum atomic E-state index is -0.523. The summed E-state index contributed by atoms with van der Waals surface area (Å²) in [6, 6.07) is 3.68. The van der Waals surface area contributed by atoms with E-state index >= 15 is 0 Å². The van der Waals surface area contributed by atoms with Gasteiger partial charge in [0.25, 0.3) is 5.95 Å². The number of anilines is 1. The molecule has 3 heterocycles. The number of nitrogens with zero attached hydrogens (tertiary/aromatic N) is 7. The molecule has 0 N–H and O–H groups in total. The van der Waals surface area contributed by atoms with Crippen LogP contribution in [0.1, 0.15) is 28.2 Å². The van der Waals surface area contributed by atoms with Gasteiger partial charge in [-0.05, 0) is 23.4 Å². The van der Waals surface area contributed by atoms with Gasteiger partial charge in [0, 0.05) is 41.9 Å². The molecule has 8 nitrogen and oxygen atoms in total. The predicted octanol–water partition coefficient (Wildman–Crippen LogP) is 3.08. The normalized spacial score (nSPS) is 14.3. The van der Waals surface area contributed by atoms with Gasteiger partial charge in [-0.3, -0.25) is 14.8 Å². The fourth-order valence-corrected chi connectivity index (χ4v) is 3.57. The molecule has 0 fully saturated rings. The van der Waals surface area contributed by atoms with E-state index in [1.54, 1.807) is 13.2 Å². The highest BCUT2D eigenvalue weighted by Gasteiger charge is 2.23. The Morgan fingerprint density at radius 1 is 1.23 bits per heavy atom. The lowest BCUT2D eigenvalue weighted by Gasteiger charge is -2.27. The van der Waals surface area contributed by atoms with Gasteiger partial charge in [0.15, 0.2) is 5.78 Å². The first-order valence-corrected chi connectivity index (χ1v) is 9.82. The molecular formula is C19H16Cl2FN7O. The molecule has 0 amide bonds. The summed E-state index contributed by atoms with van der Waals surface area (Å²) >= 11 is 12.4. The number of aromatic nitrogens is 6. The van der Waals surface area contributed by atoms with Crippen molar-refractivity contribution in [2.75, 3.05) is 18.0 Å². The Kier molecular flexibility index (Phi) is 5.74. The van der Waals surface area contributed by atoms with E-state index in [9.17, 15) is 9.18 Å². The Labute approximate surface area is 181 Å². The number of carbonyl (C=O) groups excluding carboxylic acids is 1. The second-order valence-electron chi connectivity index (χ2n) is 6.75. The van der Waals surface area contributed by atoms with E-state index in [0.717, 1.165) is 11.6 Å². The average Bonchev–Trinajstić information content (AvgIpc) is 3.17. The average molecular weight is 448 g/mol. The molecular weight excluding hydrogens is 432 g/mol. The molecule has 1 aliphatic rings. The molecule has 0 spiro atoms. The molecule has 0 saturated carbocycles. The summed E-state index contributed by atoms with van der Waals surface area (Å²) < 4.78 is 13.4. The summed E-state index contributed by atoms with van der Waals surface area (Å²) in [6.07, 6.45) is 3.66. The second-order valence-corrected chi connectivity index (χ2v) is 7.61. The topological polar surface area (TPSA) is 89.7 Å². The number of hydrogen-bond acceptors (Lipinski definition) is 7. The summed E-state index contributed by atoms with van der Waals surface area (Å²) in [5.74, 6) is -0.345. The number of hydrogen-bond donors (Lipinski definition) is 0. The van der Waals surface area contributed by atoms with Gasteiger partial charge in [-0.2, -0.15) is 4.80 Å². The van der Waals surface area contributed by atoms with Crippen LogP contribution in [0.15, 0.2) is 35.6 Å². The third-order valence-electron chi connectivity index (χ3n) is 4.64. The molecule has 2 aromatic heterocycles. The highest BCUT2D eigenvalue weighted by Crippen LogP contribution is 2.29. The van der Waals surface area contributed by atoms with Gasteiger partial charge < -0.3 is 4.90 Å². The zero-order valence-corrected chi connectivity index (χ0v) is 17.4. The minimum Gasteiger partial charge on any atom is -0.333 e. The van der Waals surface area contributed by atoms with Crippen LogP contribution >= 0.6 is 23.2 Å². The number of halogens is 3. The van der Waals surface area contributed by atoms with E-state index < -0.39 is 5.82 Å². The number of carbonyl (C=O) groups is 1. The van der Waals surface area contributed by atoms with E-state index in [-0.39, 0.29) is 22.8 Å². The highest BCUT2D eigenvalue weighted by molar-refractivity contribution is 6.34. The van der Waals surface area contributed by atoms with Gasteiger partial charge >= 0.3 is 0 Å². The van der Waals surface area contributed by atoms with Crippen LogP contribution in [0, 0.1) is 5.82 Å². The Morgan fingerprint density at radius 3 is 2.77 bits per heavy atom. The first-order valence-electron chi connectivity index (χ1n) is 9.06. The van der Waals surface area contributed by atoms with Crippen LogP contribution in [-0.2, 0) is 13.5 Å². The van der Waals surface area contributed by atoms with Crippen LogP contribution < -0.4 is 4.90 Å². The van der Waals surface area contributed by atoms with E-state index in [0.29, 0.717) is 41.9 Å². The maximum absolute atomic E-state index is 13.4. The summed E-state index contributed by atoms with van der Waals surface area (Å²) in [5.41, 5.74) is 1.99. The Balaban J connectivity index is 1.50. The van der Waals surface area contributed by atoms with Crippen LogP contribution in [0.3, 0.4) is 0 Å². The smallest absolute Gasteiger partial charge is 0.266 e. The molecule has 0 unspecified atom stereocenters. The lowest BCUT2D eigenvalue weighted by Crippen LogP contribution is -2.31.